The number of carbonyl (C=O) groups is 3. The summed E-state index contributed by atoms with van der Waals surface area (Å²) in [6.45, 7) is 2.28. The minimum atomic E-state index is -0.505. The van der Waals surface area contributed by atoms with E-state index < -0.39 is 11.7 Å². The van der Waals surface area contributed by atoms with Crippen LogP contribution in [0.5, 0.6) is 0 Å². The number of unbranched alkanes of at least 4 members (excludes halogenated alkanes) is 1. The molecule has 1 heterocycles. The van der Waals surface area contributed by atoms with Gasteiger partial charge in [0.1, 0.15) is 0 Å². The van der Waals surface area contributed by atoms with E-state index in [9.17, 15) is 14.4 Å². The van der Waals surface area contributed by atoms with Gasteiger partial charge in [-0.05, 0) is 37.5 Å². The van der Waals surface area contributed by atoms with E-state index in [2.05, 4.69) is 21.4 Å². The number of nitrogens with two attached hydrogens (primary N) is 1. The molecule has 0 radical (unpaired) electrons. The Morgan fingerprint density at radius 2 is 2.05 bits per heavy atom. The van der Waals surface area contributed by atoms with Crippen LogP contribution in [-0.2, 0) is 9.59 Å². The number of hydrogen-bond acceptors (Lipinski definition) is 4. The molecule has 0 bridgehead atoms. The lowest BCUT2D eigenvalue weighted by molar-refractivity contribution is -0.121. The molecular formula is C14H16BrN3O3. The molecule has 0 saturated heterocycles. The quantitative estimate of drug-likeness (QED) is 0.275. The number of halogens is 1. The van der Waals surface area contributed by atoms with Crippen LogP contribution in [-0.4, -0.2) is 24.1 Å². The van der Waals surface area contributed by atoms with E-state index >= 15 is 0 Å². The number of Topliss-reactive ketones (excluding diaryl/α,β-unsaturated/α-hetero) is 1. The van der Waals surface area contributed by atoms with E-state index in [1.165, 1.54) is 4.90 Å². The highest BCUT2D eigenvalue weighted by atomic mass is 79.9. The van der Waals surface area contributed by atoms with Crippen LogP contribution in [0.3, 0.4) is 0 Å². The lowest BCUT2D eigenvalue weighted by atomic mass is 10.1. The Morgan fingerprint density at radius 1 is 1.33 bits per heavy atom. The normalized spacial score (nSPS) is 13.6. The second-order valence-electron chi connectivity index (χ2n) is 4.93. The average molecular weight is 354 g/mol. The maximum absolute atomic E-state index is 12.1. The predicted molar refractivity (Wildman–Crippen MR) is 81.7 cm³/mol. The SMILES string of the molecule is Cc1cc(Br)cc2c1N(CCCCC(=O)NN)C(=O)C2=O. The van der Waals surface area contributed by atoms with Crippen molar-refractivity contribution in [1.82, 2.24) is 5.43 Å². The van der Waals surface area contributed by atoms with Gasteiger partial charge in [-0.25, -0.2) is 5.84 Å². The number of anilines is 1. The standard InChI is InChI=1S/C14H16BrN3O3/c1-8-6-9(15)7-10-12(8)18(14(21)13(10)20)5-3-2-4-11(19)17-16/h6-7H,2-5,16H2,1H3,(H,17,19). The van der Waals surface area contributed by atoms with Crippen LogP contribution in [0.4, 0.5) is 5.69 Å². The zero-order valence-electron chi connectivity index (χ0n) is 11.6. The molecule has 6 nitrogen and oxygen atoms in total. The van der Waals surface area contributed by atoms with Gasteiger partial charge in [-0.15, -0.1) is 0 Å². The molecule has 2 rings (SSSR count). The molecule has 7 heteroatoms. The van der Waals surface area contributed by atoms with Gasteiger partial charge in [-0.1, -0.05) is 15.9 Å². The van der Waals surface area contributed by atoms with Gasteiger partial charge in [0.25, 0.3) is 11.7 Å². The van der Waals surface area contributed by atoms with Crippen molar-refractivity contribution in [3.8, 4) is 0 Å². The lowest BCUT2D eigenvalue weighted by Gasteiger charge is -2.18. The third-order valence-corrected chi connectivity index (χ3v) is 3.87. The summed E-state index contributed by atoms with van der Waals surface area (Å²) in [7, 11) is 0. The Hall–Kier alpha value is -1.73. The van der Waals surface area contributed by atoms with Gasteiger partial charge in [0.2, 0.25) is 5.91 Å². The van der Waals surface area contributed by atoms with Crippen molar-refractivity contribution in [2.75, 3.05) is 11.4 Å². The summed E-state index contributed by atoms with van der Waals surface area (Å²) in [5.74, 6) is 3.78. The molecule has 1 aliphatic rings. The molecule has 3 N–H and O–H groups in total. The van der Waals surface area contributed by atoms with E-state index in [4.69, 9.17) is 5.84 Å². The van der Waals surface area contributed by atoms with Crippen molar-refractivity contribution in [2.24, 2.45) is 5.84 Å². The Labute approximate surface area is 130 Å². The monoisotopic (exact) mass is 353 g/mol. The second-order valence-corrected chi connectivity index (χ2v) is 5.85. The number of benzene rings is 1. The number of aryl methyl sites for hydroxylation is 1. The number of fused-ring (bicyclic) bond motifs is 1. The summed E-state index contributed by atoms with van der Waals surface area (Å²) in [6.07, 6.45) is 1.53. The van der Waals surface area contributed by atoms with E-state index in [1.54, 1.807) is 6.07 Å². The molecule has 0 atom stereocenters. The number of rotatable bonds is 5. The molecule has 0 saturated carbocycles. The first-order chi connectivity index (χ1) is 9.95. The van der Waals surface area contributed by atoms with Gasteiger partial charge >= 0.3 is 0 Å². The van der Waals surface area contributed by atoms with Crippen LogP contribution in [0.25, 0.3) is 0 Å². The summed E-state index contributed by atoms with van der Waals surface area (Å²) >= 11 is 3.33. The predicted octanol–water partition coefficient (Wildman–Crippen LogP) is 1.45. The second kappa shape index (κ2) is 6.36. The topological polar surface area (TPSA) is 92.5 Å². The number of hydrazine groups is 1. The Balaban J connectivity index is 2.10. The zero-order chi connectivity index (χ0) is 15.6. The first kappa shape index (κ1) is 15.7. The largest absolute Gasteiger partial charge is 0.304 e. The Kier molecular flexibility index (Phi) is 4.74. The van der Waals surface area contributed by atoms with Crippen molar-refractivity contribution < 1.29 is 14.4 Å². The molecule has 112 valence electrons. The van der Waals surface area contributed by atoms with Crippen molar-refractivity contribution >= 4 is 39.2 Å². The van der Waals surface area contributed by atoms with Crippen molar-refractivity contribution in [3.05, 3.63) is 27.7 Å². The minimum Gasteiger partial charge on any atom is -0.304 e. The van der Waals surface area contributed by atoms with Gasteiger partial charge < -0.3 is 4.90 Å². The molecule has 1 aromatic carbocycles. The third kappa shape index (κ3) is 3.14. The third-order valence-electron chi connectivity index (χ3n) is 3.42. The van der Waals surface area contributed by atoms with Gasteiger partial charge in [-0.2, -0.15) is 0 Å². The van der Waals surface area contributed by atoms with Crippen LogP contribution in [0.1, 0.15) is 35.2 Å². The number of amides is 2. The summed E-state index contributed by atoms with van der Waals surface area (Å²) < 4.78 is 0.779. The highest BCUT2D eigenvalue weighted by molar-refractivity contribution is 9.10. The van der Waals surface area contributed by atoms with Crippen LogP contribution >= 0.6 is 15.9 Å². The van der Waals surface area contributed by atoms with Crippen molar-refractivity contribution in [3.63, 3.8) is 0 Å². The molecule has 0 fully saturated rings. The van der Waals surface area contributed by atoms with Crippen LogP contribution in [0.15, 0.2) is 16.6 Å². The molecule has 0 aliphatic carbocycles. The van der Waals surface area contributed by atoms with Gasteiger partial charge in [0, 0.05) is 17.4 Å². The maximum atomic E-state index is 12.1. The molecule has 21 heavy (non-hydrogen) atoms. The van der Waals surface area contributed by atoms with Gasteiger partial charge in [0.15, 0.2) is 0 Å². The van der Waals surface area contributed by atoms with Crippen molar-refractivity contribution in [1.29, 1.82) is 0 Å². The van der Waals surface area contributed by atoms with E-state index in [0.29, 0.717) is 37.1 Å². The van der Waals surface area contributed by atoms with Crippen molar-refractivity contribution in [2.45, 2.75) is 26.2 Å². The minimum absolute atomic E-state index is 0.237. The van der Waals surface area contributed by atoms with Gasteiger partial charge in [-0.3, -0.25) is 19.8 Å². The number of nitrogens with one attached hydrogen (secondary N) is 1. The zero-order valence-corrected chi connectivity index (χ0v) is 13.2. The summed E-state index contributed by atoms with van der Waals surface area (Å²) in [5.41, 5.74) is 4.05. The molecule has 0 unspecified atom stereocenters. The maximum Gasteiger partial charge on any atom is 0.299 e. The molecule has 2 amide bonds. The van der Waals surface area contributed by atoms with Crippen LogP contribution in [0.2, 0.25) is 0 Å². The summed E-state index contributed by atoms with van der Waals surface area (Å²) in [4.78, 5) is 36.6. The lowest BCUT2D eigenvalue weighted by Crippen LogP contribution is -2.32. The summed E-state index contributed by atoms with van der Waals surface area (Å²) in [6, 6.07) is 3.55. The molecule has 0 aromatic heterocycles. The average Bonchev–Trinajstić information content (AvgIpc) is 2.68. The molecular weight excluding hydrogens is 338 g/mol. The molecule has 1 aliphatic heterocycles. The molecule has 1 aromatic rings. The fraction of sp³-hybridized carbons (Fsp3) is 0.357. The van der Waals surface area contributed by atoms with E-state index in [0.717, 1.165) is 10.0 Å². The Bertz CT molecular complexity index is 616. The van der Waals surface area contributed by atoms with Crippen LogP contribution in [0, 0.1) is 6.92 Å². The first-order valence-corrected chi connectivity index (χ1v) is 7.40. The fourth-order valence-corrected chi connectivity index (χ4v) is 3.02. The number of carbonyl (C=O) groups excluding carboxylic acids is 3. The number of nitrogens with zero attached hydrogens (tertiary/aromatic N) is 1. The first-order valence-electron chi connectivity index (χ1n) is 6.61. The smallest absolute Gasteiger partial charge is 0.299 e. The Morgan fingerprint density at radius 3 is 2.71 bits per heavy atom. The van der Waals surface area contributed by atoms with Gasteiger partial charge in [0.05, 0.1) is 11.3 Å². The number of ketones is 1. The van der Waals surface area contributed by atoms with E-state index in [-0.39, 0.29) is 5.91 Å². The van der Waals surface area contributed by atoms with E-state index in [1.807, 2.05) is 13.0 Å². The highest BCUT2D eigenvalue weighted by Gasteiger charge is 2.36. The number of hydrogen-bond donors (Lipinski definition) is 2. The molecule has 0 spiro atoms. The summed E-state index contributed by atoms with van der Waals surface area (Å²) in [5, 5.41) is 0. The van der Waals surface area contributed by atoms with Crippen LogP contribution < -0.4 is 16.2 Å². The fourth-order valence-electron chi connectivity index (χ4n) is 2.45. The highest BCUT2D eigenvalue weighted by Crippen LogP contribution is 2.35.